The highest BCUT2D eigenvalue weighted by molar-refractivity contribution is 5.78. The lowest BCUT2D eigenvalue weighted by Crippen LogP contribution is -2.05. The summed E-state index contributed by atoms with van der Waals surface area (Å²) in [7, 11) is 0. The molecule has 0 radical (unpaired) electrons. The highest BCUT2D eigenvalue weighted by Gasteiger charge is 2.11. The molecular weight excluding hydrogens is 178 g/mol. The van der Waals surface area contributed by atoms with Gasteiger partial charge in [-0.15, -0.1) is 0 Å². The first kappa shape index (κ1) is 8.93. The number of hydrogen-bond donors (Lipinski definition) is 1. The Hall–Kier alpha value is -1.65. The Labute approximate surface area is 82.0 Å². The Morgan fingerprint density at radius 1 is 1.43 bits per heavy atom. The van der Waals surface area contributed by atoms with Gasteiger partial charge in [-0.1, -0.05) is 0 Å². The van der Waals surface area contributed by atoms with Crippen molar-refractivity contribution in [3.63, 3.8) is 0 Å². The summed E-state index contributed by atoms with van der Waals surface area (Å²) in [6.45, 7) is 6.06. The molecule has 0 fully saturated rings. The molecule has 0 bridgehead atoms. The van der Waals surface area contributed by atoms with Crippen molar-refractivity contribution in [2.75, 3.05) is 5.73 Å². The van der Waals surface area contributed by atoms with Gasteiger partial charge in [-0.3, -0.25) is 0 Å². The number of nitrogens with zero attached hydrogens (tertiary/aromatic N) is 4. The van der Waals surface area contributed by atoms with Crippen LogP contribution in [0, 0.1) is 6.92 Å². The first-order chi connectivity index (χ1) is 6.59. The van der Waals surface area contributed by atoms with E-state index in [4.69, 9.17) is 5.73 Å². The van der Waals surface area contributed by atoms with Gasteiger partial charge in [-0.05, 0) is 20.8 Å². The maximum Gasteiger partial charge on any atom is 0.222 e. The molecule has 2 aromatic rings. The third-order valence-corrected chi connectivity index (χ3v) is 2.14. The van der Waals surface area contributed by atoms with E-state index < -0.39 is 0 Å². The highest BCUT2D eigenvalue weighted by atomic mass is 15.3. The summed E-state index contributed by atoms with van der Waals surface area (Å²) in [5.74, 6) is 0.291. The fourth-order valence-corrected chi connectivity index (χ4v) is 1.44. The van der Waals surface area contributed by atoms with Gasteiger partial charge in [0.25, 0.3) is 0 Å². The van der Waals surface area contributed by atoms with E-state index in [1.54, 1.807) is 6.20 Å². The maximum atomic E-state index is 5.54. The third kappa shape index (κ3) is 1.21. The van der Waals surface area contributed by atoms with Crippen LogP contribution < -0.4 is 5.73 Å². The van der Waals surface area contributed by atoms with Gasteiger partial charge in [-0.25, -0.2) is 9.67 Å². The summed E-state index contributed by atoms with van der Waals surface area (Å²) in [6.07, 6.45) is 1.72. The minimum atomic E-state index is 0.278. The van der Waals surface area contributed by atoms with Crippen molar-refractivity contribution < 1.29 is 0 Å². The van der Waals surface area contributed by atoms with E-state index in [9.17, 15) is 0 Å². The number of aromatic nitrogens is 4. The number of nitrogens with two attached hydrogens (primary N) is 1. The molecule has 5 heteroatoms. The van der Waals surface area contributed by atoms with E-state index in [0.29, 0.717) is 5.95 Å². The van der Waals surface area contributed by atoms with Crippen LogP contribution in [0.2, 0.25) is 0 Å². The molecule has 0 aliphatic carbocycles. The van der Waals surface area contributed by atoms with Gasteiger partial charge in [0, 0.05) is 12.2 Å². The predicted octanol–water partition coefficient (Wildman–Crippen LogP) is 1.30. The van der Waals surface area contributed by atoms with Crippen molar-refractivity contribution in [2.45, 2.75) is 26.8 Å². The Bertz CT molecular complexity index is 471. The number of rotatable bonds is 1. The average molecular weight is 191 g/mol. The summed E-state index contributed by atoms with van der Waals surface area (Å²) < 4.78 is 1.86. The summed E-state index contributed by atoms with van der Waals surface area (Å²) in [4.78, 5) is 8.14. The van der Waals surface area contributed by atoms with Crippen molar-refractivity contribution in [3.05, 3.63) is 11.9 Å². The molecule has 0 aromatic carbocycles. The first-order valence-electron chi connectivity index (χ1n) is 4.57. The second-order valence-corrected chi connectivity index (χ2v) is 3.59. The summed E-state index contributed by atoms with van der Waals surface area (Å²) in [6, 6.07) is 0.278. The van der Waals surface area contributed by atoms with E-state index in [1.165, 1.54) is 0 Å². The molecule has 14 heavy (non-hydrogen) atoms. The minimum absolute atomic E-state index is 0.278. The smallest absolute Gasteiger partial charge is 0.222 e. The van der Waals surface area contributed by atoms with E-state index in [1.807, 2.05) is 11.6 Å². The van der Waals surface area contributed by atoms with E-state index >= 15 is 0 Å². The highest BCUT2D eigenvalue weighted by Crippen LogP contribution is 2.18. The maximum absolute atomic E-state index is 5.54. The van der Waals surface area contributed by atoms with Gasteiger partial charge in [-0.2, -0.15) is 10.1 Å². The standard InChI is InChI=1S/C9H13N5/c1-5(2)14-8-7(6(3)13-14)4-11-9(10)12-8/h4-5H,1-3H3,(H2,10,11,12). The lowest BCUT2D eigenvalue weighted by Gasteiger charge is -2.05. The molecule has 2 aromatic heterocycles. The van der Waals surface area contributed by atoms with Crippen molar-refractivity contribution in [3.8, 4) is 0 Å². The second kappa shape index (κ2) is 2.94. The van der Waals surface area contributed by atoms with E-state index in [0.717, 1.165) is 16.7 Å². The lowest BCUT2D eigenvalue weighted by molar-refractivity contribution is 0.543. The Morgan fingerprint density at radius 2 is 2.14 bits per heavy atom. The molecule has 0 unspecified atom stereocenters. The molecule has 0 aliphatic rings. The van der Waals surface area contributed by atoms with Gasteiger partial charge >= 0.3 is 0 Å². The molecule has 2 heterocycles. The van der Waals surface area contributed by atoms with Crippen molar-refractivity contribution in [1.29, 1.82) is 0 Å². The molecule has 74 valence electrons. The quantitative estimate of drug-likeness (QED) is 0.737. The molecule has 0 atom stereocenters. The predicted molar refractivity (Wildman–Crippen MR) is 54.9 cm³/mol. The zero-order valence-corrected chi connectivity index (χ0v) is 8.52. The number of aryl methyl sites for hydroxylation is 1. The monoisotopic (exact) mass is 191 g/mol. The van der Waals surface area contributed by atoms with Crippen molar-refractivity contribution in [1.82, 2.24) is 19.7 Å². The van der Waals surface area contributed by atoms with Crippen LogP contribution in [0.15, 0.2) is 6.20 Å². The molecule has 0 saturated heterocycles. The second-order valence-electron chi connectivity index (χ2n) is 3.59. The van der Waals surface area contributed by atoms with Gasteiger partial charge < -0.3 is 5.73 Å². The average Bonchev–Trinajstić information content (AvgIpc) is 2.43. The van der Waals surface area contributed by atoms with Crippen LogP contribution in [-0.2, 0) is 0 Å². The van der Waals surface area contributed by atoms with E-state index in [-0.39, 0.29) is 6.04 Å². The minimum Gasteiger partial charge on any atom is -0.368 e. The Morgan fingerprint density at radius 3 is 2.79 bits per heavy atom. The molecule has 0 amide bonds. The Kier molecular flexibility index (Phi) is 1.87. The summed E-state index contributed by atoms with van der Waals surface area (Å²) >= 11 is 0. The van der Waals surface area contributed by atoms with Crippen LogP contribution in [0.3, 0.4) is 0 Å². The molecule has 0 spiro atoms. The molecular formula is C9H13N5. The van der Waals surface area contributed by atoms with Crippen molar-refractivity contribution in [2.24, 2.45) is 0 Å². The molecule has 0 aliphatic heterocycles. The molecule has 2 rings (SSSR count). The van der Waals surface area contributed by atoms with Gasteiger partial charge in [0.2, 0.25) is 5.95 Å². The van der Waals surface area contributed by atoms with Crippen LogP contribution in [0.25, 0.3) is 11.0 Å². The lowest BCUT2D eigenvalue weighted by atomic mass is 10.3. The van der Waals surface area contributed by atoms with Gasteiger partial charge in [0.1, 0.15) is 0 Å². The SMILES string of the molecule is Cc1nn(C(C)C)c2nc(N)ncc12. The molecule has 2 N–H and O–H groups in total. The van der Waals surface area contributed by atoms with Crippen molar-refractivity contribution >= 4 is 17.0 Å². The fourth-order valence-electron chi connectivity index (χ4n) is 1.44. The van der Waals surface area contributed by atoms with E-state index in [2.05, 4.69) is 28.9 Å². The molecule has 5 nitrogen and oxygen atoms in total. The van der Waals surface area contributed by atoms with Crippen LogP contribution in [0.5, 0.6) is 0 Å². The van der Waals surface area contributed by atoms with Crippen LogP contribution in [0.1, 0.15) is 25.6 Å². The van der Waals surface area contributed by atoms with Gasteiger partial charge in [0.15, 0.2) is 5.65 Å². The zero-order valence-electron chi connectivity index (χ0n) is 8.52. The molecule has 0 saturated carbocycles. The fraction of sp³-hybridized carbons (Fsp3) is 0.444. The topological polar surface area (TPSA) is 69.6 Å². The Balaban J connectivity index is 2.79. The normalized spacial score (nSPS) is 11.4. The summed E-state index contributed by atoms with van der Waals surface area (Å²) in [5.41, 5.74) is 7.29. The number of fused-ring (bicyclic) bond motifs is 1. The van der Waals surface area contributed by atoms with Crippen LogP contribution in [-0.4, -0.2) is 19.7 Å². The van der Waals surface area contributed by atoms with Crippen LogP contribution >= 0.6 is 0 Å². The number of hydrogen-bond acceptors (Lipinski definition) is 4. The number of nitrogen functional groups attached to an aromatic ring is 1. The third-order valence-electron chi connectivity index (χ3n) is 2.14. The van der Waals surface area contributed by atoms with Gasteiger partial charge in [0.05, 0.1) is 11.1 Å². The summed E-state index contributed by atoms with van der Waals surface area (Å²) in [5, 5.41) is 5.35. The zero-order chi connectivity index (χ0) is 10.3. The first-order valence-corrected chi connectivity index (χ1v) is 4.57. The number of anilines is 1. The largest absolute Gasteiger partial charge is 0.368 e. The van der Waals surface area contributed by atoms with Crippen LogP contribution in [0.4, 0.5) is 5.95 Å².